The van der Waals surface area contributed by atoms with Gasteiger partial charge < -0.3 is 4.74 Å². The maximum Gasteiger partial charge on any atom is 0.276 e. The molecule has 0 aromatic heterocycles. The fourth-order valence-corrected chi connectivity index (χ4v) is 4.59. The maximum absolute atomic E-state index is 12.2. The van der Waals surface area contributed by atoms with Crippen LogP contribution in [0.2, 0.25) is 0 Å². The number of carbonyl (C=O) groups excluding carboxylic acids is 2. The van der Waals surface area contributed by atoms with Crippen LogP contribution in [0.5, 0.6) is 5.75 Å². The van der Waals surface area contributed by atoms with E-state index in [-0.39, 0.29) is 12.4 Å². The molecular weight excluding hydrogens is 394 g/mol. The Balaban J connectivity index is 1.50. The maximum atomic E-state index is 12.2. The first-order chi connectivity index (χ1) is 13.9. The third-order valence-corrected chi connectivity index (χ3v) is 6.41. The van der Waals surface area contributed by atoms with Gasteiger partial charge in [0, 0.05) is 12.1 Å². The minimum Gasteiger partial charge on any atom is -0.483 e. The number of carbonyl (C=O) groups is 2. The van der Waals surface area contributed by atoms with E-state index in [0.29, 0.717) is 30.0 Å². The van der Waals surface area contributed by atoms with Crippen LogP contribution < -0.4 is 19.9 Å². The van der Waals surface area contributed by atoms with Crippen molar-refractivity contribution in [1.29, 1.82) is 0 Å². The number of benzene rings is 2. The van der Waals surface area contributed by atoms with Gasteiger partial charge in [-0.1, -0.05) is 25.1 Å². The van der Waals surface area contributed by atoms with Crippen LogP contribution in [-0.4, -0.2) is 39.1 Å². The quantitative estimate of drug-likeness (QED) is 0.695. The lowest BCUT2D eigenvalue weighted by atomic mass is 10.1. The second-order valence-corrected chi connectivity index (χ2v) is 8.55. The van der Waals surface area contributed by atoms with Crippen LogP contribution >= 0.6 is 0 Å². The van der Waals surface area contributed by atoms with Gasteiger partial charge in [0.05, 0.1) is 11.4 Å². The molecule has 0 atom stereocenters. The van der Waals surface area contributed by atoms with E-state index in [4.69, 9.17) is 4.74 Å². The minimum atomic E-state index is -3.27. The summed E-state index contributed by atoms with van der Waals surface area (Å²) >= 11 is 0. The first kappa shape index (κ1) is 20.7. The van der Waals surface area contributed by atoms with E-state index in [0.717, 1.165) is 12.0 Å². The molecule has 8 nitrogen and oxygen atoms in total. The van der Waals surface area contributed by atoms with Crippen molar-refractivity contribution in [3.63, 3.8) is 0 Å². The zero-order chi connectivity index (χ0) is 20.9. The molecule has 29 heavy (non-hydrogen) atoms. The summed E-state index contributed by atoms with van der Waals surface area (Å²) < 4.78 is 30.7. The van der Waals surface area contributed by atoms with Gasteiger partial charge in [-0.25, -0.2) is 8.42 Å². The summed E-state index contributed by atoms with van der Waals surface area (Å²) in [7, 11) is -3.27. The normalized spacial score (nSPS) is 15.0. The molecule has 9 heteroatoms. The Morgan fingerprint density at radius 1 is 1.07 bits per heavy atom. The van der Waals surface area contributed by atoms with Crippen molar-refractivity contribution in [3.05, 3.63) is 59.7 Å². The lowest BCUT2D eigenvalue weighted by Crippen LogP contribution is -2.43. The smallest absolute Gasteiger partial charge is 0.276 e. The molecule has 2 N–H and O–H groups in total. The highest BCUT2D eigenvalue weighted by atomic mass is 32.2. The Kier molecular flexibility index (Phi) is 6.38. The number of hydrogen-bond acceptors (Lipinski definition) is 5. The first-order valence-electron chi connectivity index (χ1n) is 9.31. The van der Waals surface area contributed by atoms with Gasteiger partial charge >= 0.3 is 0 Å². The van der Waals surface area contributed by atoms with Crippen molar-refractivity contribution in [3.8, 4) is 5.75 Å². The average molecular weight is 417 g/mol. The van der Waals surface area contributed by atoms with Crippen LogP contribution in [0.3, 0.4) is 0 Å². The summed E-state index contributed by atoms with van der Waals surface area (Å²) in [5.74, 6) is -0.248. The van der Waals surface area contributed by atoms with Crippen molar-refractivity contribution >= 4 is 27.5 Å². The van der Waals surface area contributed by atoms with Gasteiger partial charge in [-0.15, -0.1) is 0 Å². The third-order valence-electron chi connectivity index (χ3n) is 4.54. The molecule has 2 aromatic carbocycles. The summed E-state index contributed by atoms with van der Waals surface area (Å²) in [4.78, 5) is 24.1. The van der Waals surface area contributed by atoms with Crippen LogP contribution in [0.4, 0.5) is 5.69 Å². The van der Waals surface area contributed by atoms with E-state index in [1.165, 1.54) is 16.4 Å². The van der Waals surface area contributed by atoms with Gasteiger partial charge in [0.2, 0.25) is 10.0 Å². The number of nitrogens with one attached hydrogen (secondary N) is 2. The third kappa shape index (κ3) is 5.05. The van der Waals surface area contributed by atoms with Crippen LogP contribution in [0, 0.1) is 0 Å². The summed E-state index contributed by atoms with van der Waals surface area (Å²) in [6.45, 7) is 2.20. The summed E-state index contributed by atoms with van der Waals surface area (Å²) in [5.41, 5.74) is 6.42. The number of aryl methyl sites for hydroxylation is 1. The number of sulfonamides is 1. The van der Waals surface area contributed by atoms with Gasteiger partial charge in [-0.05, 0) is 48.7 Å². The lowest BCUT2D eigenvalue weighted by Gasteiger charge is -2.17. The molecule has 0 spiro atoms. The van der Waals surface area contributed by atoms with Crippen molar-refractivity contribution in [2.75, 3.05) is 23.2 Å². The molecular formula is C20H23N3O5S. The van der Waals surface area contributed by atoms with Crippen LogP contribution in [0.25, 0.3) is 0 Å². The largest absolute Gasteiger partial charge is 0.483 e. The molecule has 0 radical (unpaired) electrons. The Hall–Kier alpha value is -3.07. The van der Waals surface area contributed by atoms with Gasteiger partial charge in [0.25, 0.3) is 11.8 Å². The van der Waals surface area contributed by atoms with Gasteiger partial charge in [-0.2, -0.15) is 0 Å². The molecule has 0 saturated carbocycles. The molecule has 0 aliphatic carbocycles. The average Bonchev–Trinajstić information content (AvgIpc) is 3.09. The van der Waals surface area contributed by atoms with E-state index in [9.17, 15) is 18.0 Å². The summed E-state index contributed by atoms with van der Waals surface area (Å²) in [5, 5.41) is 0. The first-order valence-corrected chi connectivity index (χ1v) is 10.9. The molecule has 2 amide bonds. The molecule has 1 heterocycles. The highest BCUT2D eigenvalue weighted by molar-refractivity contribution is 7.93. The second-order valence-electron chi connectivity index (χ2n) is 6.54. The molecule has 1 aliphatic heterocycles. The van der Waals surface area contributed by atoms with Gasteiger partial charge in [0.1, 0.15) is 5.75 Å². The van der Waals surface area contributed by atoms with Crippen molar-refractivity contribution < 1.29 is 22.7 Å². The number of amides is 2. The number of ether oxygens (including phenoxy) is 1. The van der Waals surface area contributed by atoms with Crippen LogP contribution in [-0.2, 0) is 21.2 Å². The predicted molar refractivity (Wildman–Crippen MR) is 109 cm³/mol. The second kappa shape index (κ2) is 8.95. The highest BCUT2D eigenvalue weighted by Gasteiger charge is 2.28. The van der Waals surface area contributed by atoms with Gasteiger partial charge in [-0.3, -0.25) is 24.7 Å². The Labute approximate surface area is 169 Å². The number of hydrogen-bond donors (Lipinski definition) is 2. The molecule has 2 aromatic rings. The number of anilines is 1. The van der Waals surface area contributed by atoms with E-state index in [1.807, 2.05) is 25.1 Å². The fraction of sp³-hybridized carbons (Fsp3) is 0.300. The van der Waals surface area contributed by atoms with E-state index < -0.39 is 21.8 Å². The molecule has 1 aliphatic rings. The SMILES string of the molecule is CCc1ccccc1OCC(=O)NNC(=O)c1ccc(N2CCCS2(=O)=O)cc1. The minimum absolute atomic E-state index is 0.131. The van der Waals surface area contributed by atoms with E-state index >= 15 is 0 Å². The highest BCUT2D eigenvalue weighted by Crippen LogP contribution is 2.24. The molecule has 1 fully saturated rings. The Morgan fingerprint density at radius 2 is 1.79 bits per heavy atom. The van der Waals surface area contributed by atoms with Crippen molar-refractivity contribution in [2.45, 2.75) is 19.8 Å². The topological polar surface area (TPSA) is 105 Å². The van der Waals surface area contributed by atoms with E-state index in [1.54, 1.807) is 18.2 Å². The number of rotatable bonds is 6. The molecule has 0 bridgehead atoms. The lowest BCUT2D eigenvalue weighted by molar-refractivity contribution is -0.123. The predicted octanol–water partition coefficient (Wildman–Crippen LogP) is 1.63. The molecule has 3 rings (SSSR count). The molecule has 154 valence electrons. The standard InChI is InChI=1S/C20H23N3O5S/c1-2-15-6-3-4-7-18(15)28-14-19(24)21-22-20(25)16-8-10-17(11-9-16)23-12-5-13-29(23,26)27/h3-4,6-11H,2,5,12-14H2,1H3,(H,21,24)(H,22,25). The van der Waals surface area contributed by atoms with Crippen LogP contribution in [0.15, 0.2) is 48.5 Å². The van der Waals surface area contributed by atoms with Crippen molar-refractivity contribution in [2.24, 2.45) is 0 Å². The fourth-order valence-electron chi connectivity index (χ4n) is 3.02. The molecule has 1 saturated heterocycles. The molecule has 0 unspecified atom stereocenters. The Morgan fingerprint density at radius 3 is 2.45 bits per heavy atom. The zero-order valence-electron chi connectivity index (χ0n) is 16.1. The monoisotopic (exact) mass is 417 g/mol. The Bertz CT molecular complexity index is 989. The van der Waals surface area contributed by atoms with Gasteiger partial charge in [0.15, 0.2) is 6.61 Å². The summed E-state index contributed by atoms with van der Waals surface area (Å²) in [6.07, 6.45) is 1.37. The van der Waals surface area contributed by atoms with Crippen molar-refractivity contribution in [1.82, 2.24) is 10.9 Å². The number of hydrazine groups is 1. The number of para-hydroxylation sites is 1. The van der Waals surface area contributed by atoms with Crippen LogP contribution in [0.1, 0.15) is 29.3 Å². The van der Waals surface area contributed by atoms with E-state index in [2.05, 4.69) is 10.9 Å². The summed E-state index contributed by atoms with van der Waals surface area (Å²) in [6, 6.07) is 13.6. The number of nitrogens with zero attached hydrogens (tertiary/aromatic N) is 1. The zero-order valence-corrected chi connectivity index (χ0v) is 16.9.